The molecular weight excluding hydrogens is 280 g/mol. The van der Waals surface area contributed by atoms with Crippen LogP contribution in [0.15, 0.2) is 35.3 Å². The lowest BCUT2D eigenvalue weighted by Gasteiger charge is -2.16. The lowest BCUT2D eigenvalue weighted by Crippen LogP contribution is -2.18. The summed E-state index contributed by atoms with van der Waals surface area (Å²) >= 11 is 7.68. The van der Waals surface area contributed by atoms with Crippen LogP contribution in [0.5, 0.6) is 0 Å². The van der Waals surface area contributed by atoms with Crippen LogP contribution in [0.25, 0.3) is 5.65 Å². The van der Waals surface area contributed by atoms with Crippen molar-refractivity contribution in [2.24, 2.45) is 0 Å². The van der Waals surface area contributed by atoms with Crippen molar-refractivity contribution < 1.29 is 0 Å². The van der Waals surface area contributed by atoms with Crippen LogP contribution < -0.4 is 4.90 Å². The Hall–Kier alpha value is -1.59. The Morgan fingerprint density at radius 2 is 2.32 bits per heavy atom. The number of rotatable bonds is 4. The van der Waals surface area contributed by atoms with E-state index < -0.39 is 0 Å². The second-order valence-electron chi connectivity index (χ2n) is 4.28. The van der Waals surface area contributed by atoms with Crippen LogP contribution in [0, 0.1) is 0 Å². The summed E-state index contributed by atoms with van der Waals surface area (Å²) in [6.45, 7) is 0.733. The number of halogens is 1. The van der Waals surface area contributed by atoms with Crippen molar-refractivity contribution in [3.63, 3.8) is 0 Å². The van der Waals surface area contributed by atoms with Crippen LogP contribution in [0.4, 0.5) is 5.82 Å². The number of aromatic nitrogens is 3. The van der Waals surface area contributed by atoms with Crippen LogP contribution in [0.1, 0.15) is 11.4 Å². The van der Waals surface area contributed by atoms with Gasteiger partial charge in [-0.1, -0.05) is 6.07 Å². The van der Waals surface area contributed by atoms with E-state index in [9.17, 15) is 0 Å². The maximum atomic E-state index is 6.08. The number of hydrogen-bond donors (Lipinski definition) is 0. The van der Waals surface area contributed by atoms with Gasteiger partial charge in [0.15, 0.2) is 5.82 Å². The Morgan fingerprint density at radius 1 is 1.42 bits per heavy atom. The summed E-state index contributed by atoms with van der Waals surface area (Å²) in [7, 11) is 2.01. The Labute approximate surface area is 120 Å². The number of nitrogens with zero attached hydrogens (tertiary/aromatic N) is 4. The third-order valence-electron chi connectivity index (χ3n) is 2.98. The third kappa shape index (κ3) is 2.31. The van der Waals surface area contributed by atoms with E-state index in [1.807, 2.05) is 46.7 Å². The summed E-state index contributed by atoms with van der Waals surface area (Å²) in [4.78, 5) is 11.0. The maximum absolute atomic E-state index is 6.08. The summed E-state index contributed by atoms with van der Waals surface area (Å²) in [5, 5.41) is 2.05. The highest BCUT2D eigenvalue weighted by Gasteiger charge is 2.15. The fraction of sp³-hybridized carbons (Fsp3) is 0.231. The average Bonchev–Trinajstić information content (AvgIpc) is 3.04. The molecule has 0 fully saturated rings. The molecule has 0 N–H and O–H groups in total. The van der Waals surface area contributed by atoms with Gasteiger partial charge in [0.2, 0.25) is 0 Å². The van der Waals surface area contributed by atoms with Gasteiger partial charge in [-0.2, -0.15) is 0 Å². The van der Waals surface area contributed by atoms with Gasteiger partial charge in [0.05, 0.1) is 29.3 Å². The molecule has 0 aliphatic heterocycles. The molecule has 0 aliphatic rings. The summed E-state index contributed by atoms with van der Waals surface area (Å²) < 4.78 is 2.03. The van der Waals surface area contributed by atoms with Crippen molar-refractivity contribution in [3.8, 4) is 0 Å². The van der Waals surface area contributed by atoms with E-state index >= 15 is 0 Å². The van der Waals surface area contributed by atoms with Crippen molar-refractivity contribution in [2.45, 2.75) is 12.4 Å². The molecule has 0 saturated carbocycles. The van der Waals surface area contributed by atoms with Gasteiger partial charge in [-0.15, -0.1) is 22.9 Å². The van der Waals surface area contributed by atoms with Crippen molar-refractivity contribution >= 4 is 34.4 Å². The van der Waals surface area contributed by atoms with Gasteiger partial charge in [0.1, 0.15) is 5.65 Å². The highest BCUT2D eigenvalue weighted by molar-refractivity contribution is 7.07. The SMILES string of the molecule is CN(Cc1cscn1)c1nc2ccccn2c1CCl. The summed E-state index contributed by atoms with van der Waals surface area (Å²) in [5.74, 6) is 1.34. The van der Waals surface area contributed by atoms with Gasteiger partial charge in [-0.3, -0.25) is 0 Å². The number of hydrogen-bond acceptors (Lipinski definition) is 4. The largest absolute Gasteiger partial charge is 0.352 e. The van der Waals surface area contributed by atoms with Gasteiger partial charge in [-0.05, 0) is 12.1 Å². The van der Waals surface area contributed by atoms with E-state index in [1.54, 1.807) is 11.3 Å². The highest BCUT2D eigenvalue weighted by Crippen LogP contribution is 2.23. The zero-order chi connectivity index (χ0) is 13.2. The highest BCUT2D eigenvalue weighted by atomic mass is 35.5. The molecule has 4 nitrogen and oxygen atoms in total. The van der Waals surface area contributed by atoms with Gasteiger partial charge in [0, 0.05) is 18.6 Å². The zero-order valence-electron chi connectivity index (χ0n) is 10.5. The fourth-order valence-electron chi connectivity index (χ4n) is 2.10. The predicted octanol–water partition coefficient (Wildman–Crippen LogP) is 3.17. The first kappa shape index (κ1) is 12.4. The van der Waals surface area contributed by atoms with Crippen molar-refractivity contribution in [1.29, 1.82) is 0 Å². The molecule has 3 heterocycles. The molecule has 19 heavy (non-hydrogen) atoms. The molecular formula is C13H13ClN4S. The monoisotopic (exact) mass is 292 g/mol. The van der Waals surface area contributed by atoms with E-state index in [-0.39, 0.29) is 0 Å². The minimum Gasteiger partial charge on any atom is -0.352 e. The van der Waals surface area contributed by atoms with E-state index in [2.05, 4.69) is 14.9 Å². The fourth-order valence-corrected chi connectivity index (χ4v) is 2.90. The molecule has 0 aromatic carbocycles. The standard InChI is InChI=1S/C13H13ClN4S/c1-17(7-10-8-19-9-15-10)13-11(6-14)18-5-3-2-4-12(18)16-13/h2-5,8-9H,6-7H2,1H3. The van der Waals surface area contributed by atoms with Crippen molar-refractivity contribution in [2.75, 3.05) is 11.9 Å². The maximum Gasteiger partial charge on any atom is 0.152 e. The van der Waals surface area contributed by atoms with Crippen LogP contribution in [0.2, 0.25) is 0 Å². The number of thiazole rings is 1. The first-order valence-corrected chi connectivity index (χ1v) is 7.37. The lowest BCUT2D eigenvalue weighted by molar-refractivity contribution is 0.871. The first-order valence-electron chi connectivity index (χ1n) is 5.89. The van der Waals surface area contributed by atoms with E-state index in [0.717, 1.165) is 29.4 Å². The molecule has 0 atom stereocenters. The second kappa shape index (κ2) is 5.19. The van der Waals surface area contributed by atoms with Gasteiger partial charge in [0.25, 0.3) is 0 Å². The first-order chi connectivity index (χ1) is 9.29. The number of alkyl halides is 1. The Morgan fingerprint density at radius 3 is 3.05 bits per heavy atom. The van der Waals surface area contributed by atoms with Gasteiger partial charge in [-0.25, -0.2) is 9.97 Å². The van der Waals surface area contributed by atoms with Gasteiger partial charge < -0.3 is 9.30 Å². The van der Waals surface area contributed by atoms with E-state index in [4.69, 9.17) is 11.6 Å². The van der Waals surface area contributed by atoms with Crippen LogP contribution in [-0.4, -0.2) is 21.4 Å². The minimum absolute atomic E-state index is 0.432. The predicted molar refractivity (Wildman–Crippen MR) is 79.0 cm³/mol. The molecule has 98 valence electrons. The molecule has 0 amide bonds. The summed E-state index contributed by atoms with van der Waals surface area (Å²) in [5.41, 5.74) is 4.81. The molecule has 0 saturated heterocycles. The van der Waals surface area contributed by atoms with Gasteiger partial charge >= 0.3 is 0 Å². The summed E-state index contributed by atoms with van der Waals surface area (Å²) in [6.07, 6.45) is 1.99. The molecule has 0 aliphatic carbocycles. The lowest BCUT2D eigenvalue weighted by atomic mass is 10.4. The zero-order valence-corrected chi connectivity index (χ0v) is 12.0. The number of pyridine rings is 1. The van der Waals surface area contributed by atoms with Crippen LogP contribution in [-0.2, 0) is 12.4 Å². The second-order valence-corrected chi connectivity index (χ2v) is 5.27. The normalized spacial score (nSPS) is 11.1. The quantitative estimate of drug-likeness (QED) is 0.693. The third-order valence-corrected chi connectivity index (χ3v) is 3.87. The Kier molecular flexibility index (Phi) is 3.40. The Balaban J connectivity index is 1.99. The van der Waals surface area contributed by atoms with Crippen molar-refractivity contribution in [3.05, 3.63) is 46.7 Å². The molecule has 6 heteroatoms. The minimum atomic E-state index is 0.432. The number of anilines is 1. The van der Waals surface area contributed by atoms with Crippen LogP contribution >= 0.6 is 22.9 Å². The van der Waals surface area contributed by atoms with Crippen molar-refractivity contribution in [1.82, 2.24) is 14.4 Å². The molecule has 3 aromatic rings. The van der Waals surface area contributed by atoms with Crippen LogP contribution in [0.3, 0.4) is 0 Å². The molecule has 0 unspecified atom stereocenters. The number of imidazole rings is 1. The smallest absolute Gasteiger partial charge is 0.152 e. The molecule has 3 rings (SSSR count). The van der Waals surface area contributed by atoms with E-state index in [1.165, 1.54) is 0 Å². The molecule has 0 spiro atoms. The number of fused-ring (bicyclic) bond motifs is 1. The topological polar surface area (TPSA) is 33.4 Å². The Bertz CT molecular complexity index is 677. The molecule has 0 bridgehead atoms. The van der Waals surface area contributed by atoms with E-state index in [0.29, 0.717) is 5.88 Å². The molecule has 3 aromatic heterocycles. The average molecular weight is 293 g/mol. The molecule has 0 radical (unpaired) electrons. The summed E-state index contributed by atoms with van der Waals surface area (Å²) in [6, 6.07) is 5.94.